The first kappa shape index (κ1) is 44.4. The highest BCUT2D eigenvalue weighted by atomic mass is 15.1. The van der Waals surface area contributed by atoms with E-state index in [0.717, 1.165) is 66.2 Å². The van der Waals surface area contributed by atoms with Gasteiger partial charge in [-0.25, -0.2) is 4.98 Å². The summed E-state index contributed by atoms with van der Waals surface area (Å²) >= 11 is 0. The Kier molecular flexibility index (Phi) is 10.7. The molecule has 0 aliphatic carbocycles. The molecule has 0 unspecified atom stereocenters. The SMILES string of the molecule is Cc1cc(C)cc(-c2ccc3c(c2)c2cc(-c4cc(C)cc(C)c4)ccc2n3-c2cc(-c3ccccc3C#N)c(-n3c4ccc(-c5cc(C)cc(C)c5)cc4c4cc(-c5cc(C)cc(C)c5)ccc43)cn2)c1. The van der Waals surface area contributed by atoms with Crippen molar-refractivity contribution in [3.05, 3.63) is 232 Å². The second-order valence-electron chi connectivity index (χ2n) is 20.3. The molecule has 0 fully saturated rings. The fraction of sp³-hybridized carbons (Fsp3) is 0.118. The van der Waals surface area contributed by atoms with Crippen LogP contribution < -0.4 is 0 Å². The van der Waals surface area contributed by atoms with Crippen LogP contribution in [0.25, 0.3) is 111 Å². The molecule has 0 amide bonds. The minimum absolute atomic E-state index is 0.601. The average molecular weight is 927 g/mol. The second-order valence-corrected chi connectivity index (χ2v) is 20.3. The van der Waals surface area contributed by atoms with E-state index in [-0.39, 0.29) is 0 Å². The Morgan fingerprint density at radius 1 is 0.333 bits per heavy atom. The van der Waals surface area contributed by atoms with E-state index in [1.807, 2.05) is 24.4 Å². The van der Waals surface area contributed by atoms with E-state index in [2.05, 4.69) is 228 Å². The van der Waals surface area contributed by atoms with Gasteiger partial charge in [0.1, 0.15) is 5.82 Å². The van der Waals surface area contributed by atoms with Crippen molar-refractivity contribution in [2.45, 2.75) is 55.4 Å². The van der Waals surface area contributed by atoms with Gasteiger partial charge in [-0.3, -0.25) is 4.57 Å². The largest absolute Gasteiger partial charge is 0.307 e. The van der Waals surface area contributed by atoms with E-state index < -0.39 is 0 Å². The van der Waals surface area contributed by atoms with Gasteiger partial charge in [0.25, 0.3) is 0 Å². The van der Waals surface area contributed by atoms with Gasteiger partial charge in [-0.1, -0.05) is 160 Å². The van der Waals surface area contributed by atoms with Crippen LogP contribution in [0.5, 0.6) is 0 Å². The molecule has 346 valence electrons. The number of rotatable bonds is 7. The molecule has 0 saturated carbocycles. The van der Waals surface area contributed by atoms with Crippen molar-refractivity contribution in [3.8, 4) is 73.2 Å². The summed E-state index contributed by atoms with van der Waals surface area (Å²) in [6, 6.07) is 67.3. The molecule has 3 aromatic heterocycles. The molecule has 0 aliphatic rings. The maximum atomic E-state index is 10.8. The molecule has 4 nitrogen and oxygen atoms in total. The van der Waals surface area contributed by atoms with Crippen LogP contribution in [-0.2, 0) is 0 Å². The maximum absolute atomic E-state index is 10.8. The Bertz CT molecular complexity index is 3970. The number of nitriles is 1. The Balaban J connectivity index is 1.13. The summed E-state index contributed by atoms with van der Waals surface area (Å²) in [5.41, 5.74) is 26.9. The predicted molar refractivity (Wildman–Crippen MR) is 303 cm³/mol. The average Bonchev–Trinajstić information content (AvgIpc) is 3.86. The molecule has 4 heteroatoms. The molecule has 72 heavy (non-hydrogen) atoms. The van der Waals surface area contributed by atoms with Crippen LogP contribution in [0.15, 0.2) is 182 Å². The van der Waals surface area contributed by atoms with Crippen molar-refractivity contribution in [3.63, 3.8) is 0 Å². The maximum Gasteiger partial charge on any atom is 0.138 e. The van der Waals surface area contributed by atoms with E-state index in [1.165, 1.54) is 89.0 Å². The summed E-state index contributed by atoms with van der Waals surface area (Å²) in [4.78, 5) is 5.47. The third-order valence-electron chi connectivity index (χ3n) is 14.4. The topological polar surface area (TPSA) is 46.5 Å². The molecule has 0 atom stereocenters. The second kappa shape index (κ2) is 17.3. The molecule has 0 spiro atoms. The van der Waals surface area contributed by atoms with E-state index in [1.54, 1.807) is 0 Å². The molecular weight excluding hydrogens is 873 g/mol. The quantitative estimate of drug-likeness (QED) is 0.160. The van der Waals surface area contributed by atoms with Gasteiger partial charge in [-0.15, -0.1) is 0 Å². The molecule has 9 aromatic carbocycles. The highest BCUT2D eigenvalue weighted by Gasteiger charge is 2.23. The summed E-state index contributed by atoms with van der Waals surface area (Å²) in [5, 5.41) is 15.4. The lowest BCUT2D eigenvalue weighted by Crippen LogP contribution is -2.04. The first-order valence-electron chi connectivity index (χ1n) is 24.9. The number of benzene rings is 9. The highest BCUT2D eigenvalue weighted by molar-refractivity contribution is 6.13. The van der Waals surface area contributed by atoms with Crippen LogP contribution in [0.1, 0.15) is 50.1 Å². The van der Waals surface area contributed by atoms with Crippen molar-refractivity contribution in [1.29, 1.82) is 5.26 Å². The lowest BCUT2D eigenvalue weighted by atomic mass is 9.97. The standard InChI is InChI=1S/C68H54N4/c1-40-21-41(2)26-53(25-40)48-13-17-63-58(33-48)59-34-49(54-27-42(3)22-43(4)28-54)14-18-64(59)71(63)67-39-70-68(37-62(67)57-12-10-9-11-52(57)38-69)72-65-19-15-50(55-29-44(5)23-45(6)30-55)35-60(65)61-36-51(16-20-66(61)72)56-31-46(7)24-47(8)32-56/h9-37,39H,1-8H3. The van der Waals surface area contributed by atoms with E-state index in [9.17, 15) is 5.26 Å². The Morgan fingerprint density at radius 2 is 0.667 bits per heavy atom. The summed E-state index contributed by atoms with van der Waals surface area (Å²) in [7, 11) is 0. The van der Waals surface area contributed by atoms with Gasteiger partial charge in [0.2, 0.25) is 0 Å². The van der Waals surface area contributed by atoms with E-state index >= 15 is 0 Å². The molecule has 0 saturated heterocycles. The van der Waals surface area contributed by atoms with Crippen molar-refractivity contribution >= 4 is 43.6 Å². The van der Waals surface area contributed by atoms with Gasteiger partial charge in [0.05, 0.1) is 45.6 Å². The lowest BCUT2D eigenvalue weighted by Gasteiger charge is -2.17. The van der Waals surface area contributed by atoms with Gasteiger partial charge in [0, 0.05) is 32.7 Å². The fourth-order valence-corrected chi connectivity index (χ4v) is 11.6. The molecule has 0 bridgehead atoms. The number of nitrogens with zero attached hydrogens (tertiary/aromatic N) is 4. The molecule has 3 heterocycles. The van der Waals surface area contributed by atoms with Crippen LogP contribution >= 0.6 is 0 Å². The van der Waals surface area contributed by atoms with Gasteiger partial charge in [0.15, 0.2) is 0 Å². The van der Waals surface area contributed by atoms with Crippen molar-refractivity contribution < 1.29 is 0 Å². The summed E-state index contributed by atoms with van der Waals surface area (Å²) < 4.78 is 4.67. The minimum atomic E-state index is 0.601. The third-order valence-corrected chi connectivity index (χ3v) is 14.4. The normalized spacial score (nSPS) is 11.6. The van der Waals surface area contributed by atoms with E-state index in [0.29, 0.717) is 5.56 Å². The Morgan fingerprint density at radius 3 is 1.01 bits per heavy atom. The monoisotopic (exact) mass is 926 g/mol. The summed E-state index contributed by atoms with van der Waals surface area (Å²) in [6.45, 7) is 17.3. The number of aromatic nitrogens is 3. The van der Waals surface area contributed by atoms with Gasteiger partial charge in [-0.2, -0.15) is 5.26 Å². The minimum Gasteiger partial charge on any atom is -0.307 e. The van der Waals surface area contributed by atoms with Crippen LogP contribution in [0.3, 0.4) is 0 Å². The lowest BCUT2D eigenvalue weighted by molar-refractivity contribution is 1.06. The van der Waals surface area contributed by atoms with Crippen LogP contribution in [0, 0.1) is 66.7 Å². The Labute approximate surface area is 421 Å². The van der Waals surface area contributed by atoms with Crippen LogP contribution in [0.2, 0.25) is 0 Å². The molecule has 0 aliphatic heterocycles. The van der Waals surface area contributed by atoms with Gasteiger partial charge < -0.3 is 4.57 Å². The molecule has 0 N–H and O–H groups in total. The van der Waals surface area contributed by atoms with Crippen LogP contribution in [0.4, 0.5) is 0 Å². The first-order chi connectivity index (χ1) is 34.8. The Hall–Kier alpha value is -8.78. The van der Waals surface area contributed by atoms with Gasteiger partial charge in [-0.05, 0) is 161 Å². The van der Waals surface area contributed by atoms with E-state index in [4.69, 9.17) is 4.98 Å². The zero-order chi connectivity index (χ0) is 49.5. The first-order valence-corrected chi connectivity index (χ1v) is 24.9. The molecular formula is C68H54N4. The smallest absolute Gasteiger partial charge is 0.138 e. The number of hydrogen-bond acceptors (Lipinski definition) is 2. The molecule has 12 rings (SSSR count). The van der Waals surface area contributed by atoms with Crippen LogP contribution in [-0.4, -0.2) is 14.1 Å². The molecule has 12 aromatic rings. The van der Waals surface area contributed by atoms with Crippen molar-refractivity contribution in [1.82, 2.24) is 14.1 Å². The number of aryl methyl sites for hydroxylation is 8. The number of pyridine rings is 1. The third kappa shape index (κ3) is 7.75. The highest BCUT2D eigenvalue weighted by Crippen LogP contribution is 2.43. The fourth-order valence-electron chi connectivity index (χ4n) is 11.6. The van der Waals surface area contributed by atoms with Crippen molar-refractivity contribution in [2.24, 2.45) is 0 Å². The summed E-state index contributed by atoms with van der Waals surface area (Å²) in [5.74, 6) is 0.773. The van der Waals surface area contributed by atoms with Gasteiger partial charge >= 0.3 is 0 Å². The summed E-state index contributed by atoms with van der Waals surface area (Å²) in [6.07, 6.45) is 2.03. The predicted octanol–water partition coefficient (Wildman–Crippen LogP) is 17.9. The number of hydrogen-bond donors (Lipinski definition) is 0. The zero-order valence-corrected chi connectivity index (χ0v) is 42.1. The zero-order valence-electron chi connectivity index (χ0n) is 42.1. The number of fused-ring (bicyclic) bond motifs is 6. The molecule has 0 radical (unpaired) electrons. The van der Waals surface area contributed by atoms with Crippen molar-refractivity contribution in [2.75, 3.05) is 0 Å².